The zero-order chi connectivity index (χ0) is 53.0. The Bertz CT molecular complexity index is 3220. The zero-order valence-electron chi connectivity index (χ0n) is 43.8. The van der Waals surface area contributed by atoms with Crippen LogP contribution in [0.3, 0.4) is 0 Å². The molecule has 3 heterocycles. The molecule has 9 rings (SSSR count). The highest BCUT2D eigenvalue weighted by Gasteiger charge is 2.48. The van der Waals surface area contributed by atoms with Crippen molar-refractivity contribution in [3.05, 3.63) is 183 Å². The van der Waals surface area contributed by atoms with Gasteiger partial charge in [-0.05, 0) is 127 Å². The van der Waals surface area contributed by atoms with Gasteiger partial charge in [0.05, 0.1) is 57.0 Å². The average molecular weight is 1030 g/mol. The second-order valence-electron chi connectivity index (χ2n) is 19.5. The first-order valence-electron chi connectivity index (χ1n) is 24.9. The number of rotatable bonds is 18. The van der Waals surface area contributed by atoms with Crippen molar-refractivity contribution in [3.63, 3.8) is 0 Å². The summed E-state index contributed by atoms with van der Waals surface area (Å²) in [5, 5.41) is 11.1. The number of aromatic nitrogens is 3. The van der Waals surface area contributed by atoms with Crippen molar-refractivity contribution in [3.8, 4) is 29.1 Å². The van der Waals surface area contributed by atoms with Crippen molar-refractivity contribution in [2.75, 3.05) is 63.5 Å². The second kappa shape index (κ2) is 22.0. The monoisotopic (exact) mass is 1030 g/mol. The SMILES string of the molecule is COc1ccc(CN(Cc2ccc(OC)cc2)c2cc(F)c3c(c2C#N)C2(CCC3)Cc3nc(S(C)(=O)=O)nc(N(C)[C@H](C)c4cccnc4N(Cc4ccc(OC)cc4)Cc4ccc(OC)cc4)c3CN2C)cc1. The normalized spacial score (nSPS) is 15.5. The van der Waals surface area contributed by atoms with E-state index in [0.717, 1.165) is 57.0 Å². The van der Waals surface area contributed by atoms with Crippen LogP contribution in [-0.2, 0) is 60.9 Å². The number of benzene rings is 5. The highest BCUT2D eigenvalue weighted by atomic mass is 32.2. The number of methoxy groups -OCH3 is 4. The van der Waals surface area contributed by atoms with Crippen molar-refractivity contribution in [2.45, 2.75) is 82.1 Å². The number of sulfone groups is 1. The zero-order valence-corrected chi connectivity index (χ0v) is 44.6. The summed E-state index contributed by atoms with van der Waals surface area (Å²) in [6, 6.07) is 39.1. The van der Waals surface area contributed by atoms with Gasteiger partial charge in [0.15, 0.2) is 0 Å². The molecule has 2 atom stereocenters. The first-order chi connectivity index (χ1) is 36.2. The maximum absolute atomic E-state index is 17.2. The summed E-state index contributed by atoms with van der Waals surface area (Å²) in [7, 11) is 6.51. The van der Waals surface area contributed by atoms with Crippen LogP contribution in [0, 0.1) is 17.1 Å². The van der Waals surface area contributed by atoms with Crippen molar-refractivity contribution in [1.29, 1.82) is 5.26 Å². The van der Waals surface area contributed by atoms with E-state index in [1.54, 1.807) is 34.6 Å². The molecular weight excluding hydrogens is 968 g/mol. The molecule has 1 spiro atoms. The molecule has 0 bridgehead atoms. The van der Waals surface area contributed by atoms with Gasteiger partial charge in [0.25, 0.3) is 0 Å². The minimum atomic E-state index is -3.94. The Morgan fingerprint density at radius 2 is 1.23 bits per heavy atom. The van der Waals surface area contributed by atoms with Gasteiger partial charge < -0.3 is 33.6 Å². The van der Waals surface area contributed by atoms with Gasteiger partial charge >= 0.3 is 0 Å². The quantitative estimate of drug-likeness (QED) is 0.0751. The number of fused-ring (bicyclic) bond motifs is 3. The van der Waals surface area contributed by atoms with Crippen LogP contribution in [0.15, 0.2) is 127 Å². The summed E-state index contributed by atoms with van der Waals surface area (Å²) in [6.07, 6.45) is 4.80. The first kappa shape index (κ1) is 52.1. The van der Waals surface area contributed by atoms with E-state index in [1.165, 1.54) is 6.07 Å². The number of likely N-dealkylation sites (N-methyl/N-ethyl adjacent to an activating group) is 1. The summed E-state index contributed by atoms with van der Waals surface area (Å²) >= 11 is 0. The fourth-order valence-corrected chi connectivity index (χ4v) is 11.3. The minimum absolute atomic E-state index is 0.219. The highest BCUT2D eigenvalue weighted by Crippen LogP contribution is 2.51. The first-order valence-corrected chi connectivity index (χ1v) is 26.8. The molecule has 2 aromatic heterocycles. The summed E-state index contributed by atoms with van der Waals surface area (Å²) in [4.78, 5) is 23.2. The van der Waals surface area contributed by atoms with E-state index in [4.69, 9.17) is 33.9 Å². The van der Waals surface area contributed by atoms with Gasteiger partial charge in [0.2, 0.25) is 15.0 Å². The van der Waals surface area contributed by atoms with Crippen LogP contribution < -0.4 is 33.6 Å². The number of anilines is 3. The number of hydrogen-bond acceptors (Lipinski definition) is 14. The molecule has 16 heteroatoms. The molecule has 5 aromatic carbocycles. The van der Waals surface area contributed by atoms with Crippen molar-refractivity contribution in [2.24, 2.45) is 0 Å². The lowest BCUT2D eigenvalue weighted by Gasteiger charge is -2.50. The Balaban J connectivity index is 1.12. The maximum Gasteiger partial charge on any atom is 0.249 e. The Labute approximate surface area is 439 Å². The van der Waals surface area contributed by atoms with Crippen molar-refractivity contribution < 1.29 is 31.8 Å². The fraction of sp³-hybridized carbons (Fsp3) is 0.322. The Morgan fingerprint density at radius 3 is 1.69 bits per heavy atom. The molecule has 14 nitrogen and oxygen atoms in total. The molecule has 0 amide bonds. The number of hydrogen-bond donors (Lipinski definition) is 0. The molecule has 0 saturated carbocycles. The number of halogens is 1. The molecule has 7 aromatic rings. The third-order valence-electron chi connectivity index (χ3n) is 14.9. The van der Waals surface area contributed by atoms with E-state index in [9.17, 15) is 13.7 Å². The van der Waals surface area contributed by atoms with Crippen LogP contribution >= 0.6 is 0 Å². The lowest BCUT2D eigenvalue weighted by atomic mass is 9.68. The number of pyridine rings is 1. The molecule has 1 unspecified atom stereocenters. The standard InChI is InChI=1S/C59H63FN8O6S/c1-39(48-12-10-30-62-56(48)68(36-42-17-25-46(73-6)26-18-42)37-43-19-27-47(74-7)28-20-43)66(3)57-51-38-65(2)59(32-53(51)63-58(64-57)75(8,69)70)29-9-11-49-52(60)31-54(50(33-61)55(49)59)67(34-40-13-21-44(71-4)22-14-40)35-41-15-23-45(72-5)24-16-41/h10,12-28,30-31,39H,9,11,29,32,34-38H2,1-8H3/t39-,59?/m1/s1. The Morgan fingerprint density at radius 1 is 0.733 bits per heavy atom. The molecule has 0 saturated heterocycles. The molecule has 388 valence electrons. The molecule has 0 radical (unpaired) electrons. The highest BCUT2D eigenvalue weighted by molar-refractivity contribution is 7.90. The average Bonchev–Trinajstić information content (AvgIpc) is 3.43. The van der Waals surface area contributed by atoms with Crippen molar-refractivity contribution >= 4 is 27.2 Å². The van der Waals surface area contributed by atoms with Crippen LogP contribution in [0.4, 0.5) is 21.7 Å². The number of nitrogens with zero attached hydrogens (tertiary/aromatic N) is 8. The van der Waals surface area contributed by atoms with E-state index < -0.39 is 15.4 Å². The lowest BCUT2D eigenvalue weighted by molar-refractivity contribution is 0.0716. The largest absolute Gasteiger partial charge is 0.497 e. The second-order valence-corrected chi connectivity index (χ2v) is 21.4. The molecule has 0 N–H and O–H groups in total. The smallest absolute Gasteiger partial charge is 0.249 e. The topological polar surface area (TPSA) is 146 Å². The molecular formula is C59H63FN8O6S. The minimum Gasteiger partial charge on any atom is -0.497 e. The summed E-state index contributed by atoms with van der Waals surface area (Å²) in [5.74, 6) is 3.76. The van der Waals surface area contributed by atoms with Crippen LogP contribution in [0.25, 0.3) is 0 Å². The van der Waals surface area contributed by atoms with E-state index >= 15 is 4.39 Å². The molecule has 0 fully saturated rings. The van der Waals surface area contributed by atoms with Gasteiger partial charge in [-0.2, -0.15) is 5.26 Å². The van der Waals surface area contributed by atoms with E-state index in [2.05, 4.69) is 22.8 Å². The molecule has 75 heavy (non-hydrogen) atoms. The Hall–Kier alpha value is -7.74. The van der Waals surface area contributed by atoms with Crippen molar-refractivity contribution in [1.82, 2.24) is 19.9 Å². The van der Waals surface area contributed by atoms with Gasteiger partial charge in [-0.1, -0.05) is 54.6 Å². The lowest BCUT2D eigenvalue weighted by Crippen LogP contribution is -2.52. The van der Waals surface area contributed by atoms with E-state index in [-0.39, 0.29) is 23.4 Å². The molecule has 1 aliphatic carbocycles. The predicted octanol–water partition coefficient (Wildman–Crippen LogP) is 10.2. The third-order valence-corrected chi connectivity index (χ3v) is 15.7. The summed E-state index contributed by atoms with van der Waals surface area (Å²) < 4.78 is 66.3. The van der Waals surface area contributed by atoms with Crippen LogP contribution in [0.5, 0.6) is 23.0 Å². The van der Waals surface area contributed by atoms with E-state index in [0.29, 0.717) is 97.4 Å². The van der Waals surface area contributed by atoms with E-state index in [1.807, 2.05) is 133 Å². The Kier molecular flexibility index (Phi) is 15.3. The van der Waals surface area contributed by atoms with Gasteiger partial charge in [-0.15, -0.1) is 0 Å². The summed E-state index contributed by atoms with van der Waals surface area (Å²) in [5.41, 5.74) is 7.23. The predicted molar refractivity (Wildman–Crippen MR) is 289 cm³/mol. The van der Waals surface area contributed by atoms with Gasteiger partial charge in [-0.25, -0.2) is 27.8 Å². The number of ether oxygens (including phenoxy) is 4. The van der Waals surface area contributed by atoms with Gasteiger partial charge in [0, 0.05) is 69.8 Å². The van der Waals surface area contributed by atoms with Crippen LogP contribution in [-0.4, -0.2) is 77.1 Å². The summed E-state index contributed by atoms with van der Waals surface area (Å²) in [6.45, 7) is 4.15. The number of nitriles is 1. The van der Waals surface area contributed by atoms with Crippen LogP contribution in [0.2, 0.25) is 0 Å². The van der Waals surface area contributed by atoms with Gasteiger partial charge in [0.1, 0.15) is 46.5 Å². The fourth-order valence-electron chi connectivity index (χ4n) is 10.7. The van der Waals surface area contributed by atoms with Crippen LogP contribution in [0.1, 0.15) is 81.6 Å². The molecule has 1 aliphatic heterocycles. The molecule has 2 aliphatic rings. The van der Waals surface area contributed by atoms with Gasteiger partial charge in [-0.3, -0.25) is 4.90 Å². The maximum atomic E-state index is 17.2. The third kappa shape index (κ3) is 10.8.